The Morgan fingerprint density at radius 2 is 2.24 bits per heavy atom. The van der Waals surface area contributed by atoms with Gasteiger partial charge in [0, 0.05) is 25.4 Å². The molecule has 0 aliphatic rings. The third-order valence-electron chi connectivity index (χ3n) is 3.20. The van der Waals surface area contributed by atoms with Crippen molar-refractivity contribution in [3.05, 3.63) is 23.0 Å². The first-order valence-electron chi connectivity index (χ1n) is 6.81. The number of aromatic nitrogens is 3. The maximum atomic E-state index is 12.2. The summed E-state index contributed by atoms with van der Waals surface area (Å²) in [6.45, 7) is 5.88. The Hall–Kier alpha value is -1.73. The summed E-state index contributed by atoms with van der Waals surface area (Å²) in [4.78, 5) is 17.2. The van der Waals surface area contributed by atoms with E-state index in [0.717, 1.165) is 10.6 Å². The molecule has 1 atom stereocenters. The molecule has 2 N–H and O–H groups in total. The Kier molecular flexibility index (Phi) is 4.74. The third kappa shape index (κ3) is 3.68. The maximum absolute atomic E-state index is 12.2. The van der Waals surface area contributed by atoms with Gasteiger partial charge in [-0.1, -0.05) is 13.8 Å². The molecule has 2 heterocycles. The highest BCUT2D eigenvalue weighted by Crippen LogP contribution is 2.27. The number of hydrogen-bond donors (Lipinski definition) is 2. The fourth-order valence-corrected chi connectivity index (χ4v) is 2.73. The van der Waals surface area contributed by atoms with E-state index in [4.69, 9.17) is 0 Å². The molecule has 1 amide bonds. The maximum Gasteiger partial charge on any atom is 0.263 e. The van der Waals surface area contributed by atoms with Crippen molar-refractivity contribution in [1.82, 2.24) is 20.1 Å². The number of nitrogens with one attached hydrogen (secondary N) is 1. The molecule has 0 aliphatic carbocycles. The van der Waals surface area contributed by atoms with Crippen molar-refractivity contribution in [2.45, 2.75) is 26.9 Å². The first kappa shape index (κ1) is 15.7. The highest BCUT2D eigenvalue weighted by Gasteiger charge is 2.18. The molecule has 6 nitrogen and oxygen atoms in total. The molecular weight excluding hydrogens is 288 g/mol. The van der Waals surface area contributed by atoms with Crippen LogP contribution in [0.5, 0.6) is 0 Å². The number of carbonyl (C=O) groups is 1. The minimum atomic E-state index is -0.542. The Labute approximate surface area is 127 Å². The number of thiazole rings is 1. The first-order chi connectivity index (χ1) is 9.88. The summed E-state index contributed by atoms with van der Waals surface area (Å²) in [5.74, 6) is -0.0846. The average Bonchev–Trinajstić information content (AvgIpc) is 3.01. The molecule has 0 bridgehead atoms. The van der Waals surface area contributed by atoms with Gasteiger partial charge in [0.1, 0.15) is 9.88 Å². The molecule has 114 valence electrons. The molecule has 1 unspecified atom stereocenters. The quantitative estimate of drug-likeness (QED) is 0.879. The van der Waals surface area contributed by atoms with E-state index in [9.17, 15) is 9.90 Å². The number of carbonyl (C=O) groups excluding carboxylic acids is 1. The van der Waals surface area contributed by atoms with Crippen molar-refractivity contribution in [2.24, 2.45) is 13.0 Å². The molecule has 0 spiro atoms. The lowest BCUT2D eigenvalue weighted by molar-refractivity contribution is 0.0874. The van der Waals surface area contributed by atoms with E-state index >= 15 is 0 Å². The van der Waals surface area contributed by atoms with E-state index in [2.05, 4.69) is 15.4 Å². The fraction of sp³-hybridized carbons (Fsp3) is 0.500. The van der Waals surface area contributed by atoms with E-state index in [1.165, 1.54) is 11.3 Å². The number of aliphatic hydroxyl groups excluding tert-OH is 1. The van der Waals surface area contributed by atoms with Gasteiger partial charge in [-0.05, 0) is 12.8 Å². The molecule has 7 heteroatoms. The van der Waals surface area contributed by atoms with Crippen molar-refractivity contribution < 1.29 is 9.90 Å². The molecule has 0 fully saturated rings. The van der Waals surface area contributed by atoms with Crippen molar-refractivity contribution in [1.29, 1.82) is 0 Å². The van der Waals surface area contributed by atoms with Gasteiger partial charge in [0.15, 0.2) is 0 Å². The van der Waals surface area contributed by atoms with Gasteiger partial charge in [-0.25, -0.2) is 4.98 Å². The van der Waals surface area contributed by atoms with Crippen LogP contribution < -0.4 is 5.32 Å². The van der Waals surface area contributed by atoms with E-state index < -0.39 is 6.10 Å². The largest absolute Gasteiger partial charge is 0.391 e. The monoisotopic (exact) mass is 308 g/mol. The Balaban J connectivity index is 2.10. The van der Waals surface area contributed by atoms with Crippen LogP contribution in [0.2, 0.25) is 0 Å². The Morgan fingerprint density at radius 3 is 2.81 bits per heavy atom. The number of aryl methyl sites for hydroxylation is 2. The Bertz CT molecular complexity index is 633. The van der Waals surface area contributed by atoms with Crippen molar-refractivity contribution in [3.8, 4) is 10.6 Å². The summed E-state index contributed by atoms with van der Waals surface area (Å²) in [6.07, 6.45) is 3.05. The van der Waals surface area contributed by atoms with Crippen LogP contribution in [0, 0.1) is 12.8 Å². The van der Waals surface area contributed by atoms with Gasteiger partial charge in [-0.3, -0.25) is 9.48 Å². The van der Waals surface area contributed by atoms with Gasteiger partial charge < -0.3 is 10.4 Å². The molecule has 0 aliphatic heterocycles. The minimum Gasteiger partial charge on any atom is -0.391 e. The highest BCUT2D eigenvalue weighted by atomic mass is 32.1. The number of nitrogens with zero attached hydrogens (tertiary/aromatic N) is 3. The van der Waals surface area contributed by atoms with Gasteiger partial charge >= 0.3 is 0 Å². The van der Waals surface area contributed by atoms with Crippen LogP contribution in [0.4, 0.5) is 0 Å². The predicted molar refractivity (Wildman–Crippen MR) is 82.2 cm³/mol. The van der Waals surface area contributed by atoms with E-state index in [-0.39, 0.29) is 18.4 Å². The zero-order valence-electron chi connectivity index (χ0n) is 12.6. The smallest absolute Gasteiger partial charge is 0.263 e. The van der Waals surface area contributed by atoms with Crippen LogP contribution in [0.15, 0.2) is 12.4 Å². The minimum absolute atomic E-state index is 0.110. The second-order valence-electron chi connectivity index (χ2n) is 5.36. The molecule has 2 aromatic rings. The number of hydrogen-bond acceptors (Lipinski definition) is 5. The first-order valence-corrected chi connectivity index (χ1v) is 7.63. The summed E-state index contributed by atoms with van der Waals surface area (Å²) < 4.78 is 1.70. The van der Waals surface area contributed by atoms with E-state index in [1.807, 2.05) is 34.0 Å². The zero-order chi connectivity index (χ0) is 15.6. The second kappa shape index (κ2) is 6.36. The molecule has 2 aromatic heterocycles. The summed E-state index contributed by atoms with van der Waals surface area (Å²) in [5.41, 5.74) is 1.59. The molecule has 0 saturated heterocycles. The lowest BCUT2D eigenvalue weighted by Crippen LogP contribution is -2.34. The number of amides is 1. The standard InChI is InChI=1S/C14H20N4O2S/c1-8(2)11(19)6-15-13(20)12-9(3)17-14(21-12)10-5-16-18(4)7-10/h5,7-8,11,19H,6H2,1-4H3,(H,15,20). The van der Waals surface area contributed by atoms with E-state index in [1.54, 1.807) is 10.9 Å². The highest BCUT2D eigenvalue weighted by molar-refractivity contribution is 7.17. The van der Waals surface area contributed by atoms with Crippen LogP contribution in [-0.2, 0) is 7.05 Å². The lowest BCUT2D eigenvalue weighted by atomic mass is 10.1. The molecule has 0 aromatic carbocycles. The molecule has 0 radical (unpaired) electrons. The van der Waals surface area contributed by atoms with Gasteiger partial charge in [0.25, 0.3) is 5.91 Å². The van der Waals surface area contributed by atoms with Crippen LogP contribution in [0.25, 0.3) is 10.6 Å². The van der Waals surface area contributed by atoms with Crippen LogP contribution in [0.3, 0.4) is 0 Å². The lowest BCUT2D eigenvalue weighted by Gasteiger charge is -2.14. The number of aliphatic hydroxyl groups is 1. The molecule has 2 rings (SSSR count). The normalized spacial score (nSPS) is 12.7. The van der Waals surface area contributed by atoms with Crippen molar-refractivity contribution in [3.63, 3.8) is 0 Å². The van der Waals surface area contributed by atoms with E-state index in [0.29, 0.717) is 10.6 Å². The fourth-order valence-electron chi connectivity index (χ4n) is 1.78. The van der Waals surface area contributed by atoms with Gasteiger partial charge in [0.05, 0.1) is 18.0 Å². The molecule has 21 heavy (non-hydrogen) atoms. The van der Waals surface area contributed by atoms with Crippen LogP contribution in [0.1, 0.15) is 29.2 Å². The summed E-state index contributed by atoms with van der Waals surface area (Å²) in [6, 6.07) is 0. The van der Waals surface area contributed by atoms with Gasteiger partial charge in [-0.15, -0.1) is 11.3 Å². The van der Waals surface area contributed by atoms with Crippen LogP contribution in [-0.4, -0.2) is 38.4 Å². The average molecular weight is 308 g/mol. The van der Waals surface area contributed by atoms with Crippen molar-refractivity contribution >= 4 is 17.2 Å². The summed E-state index contributed by atoms with van der Waals surface area (Å²) in [7, 11) is 1.84. The second-order valence-corrected chi connectivity index (χ2v) is 6.36. The third-order valence-corrected chi connectivity index (χ3v) is 4.40. The Morgan fingerprint density at radius 1 is 1.52 bits per heavy atom. The predicted octanol–water partition coefficient (Wildman–Crippen LogP) is 1.60. The summed E-state index contributed by atoms with van der Waals surface area (Å²) in [5, 5.41) is 17.4. The number of rotatable bonds is 5. The van der Waals surface area contributed by atoms with Crippen molar-refractivity contribution in [2.75, 3.05) is 6.54 Å². The summed E-state index contributed by atoms with van der Waals surface area (Å²) >= 11 is 1.34. The van der Waals surface area contributed by atoms with Gasteiger partial charge in [0.2, 0.25) is 0 Å². The SMILES string of the molecule is Cc1nc(-c2cnn(C)c2)sc1C(=O)NCC(O)C(C)C. The van der Waals surface area contributed by atoms with Crippen LogP contribution >= 0.6 is 11.3 Å². The topological polar surface area (TPSA) is 80.0 Å². The van der Waals surface area contributed by atoms with Gasteiger partial charge in [-0.2, -0.15) is 5.10 Å². The zero-order valence-corrected chi connectivity index (χ0v) is 13.4. The molecular formula is C14H20N4O2S. The molecule has 0 saturated carbocycles.